The van der Waals surface area contributed by atoms with Crippen molar-refractivity contribution in [1.82, 2.24) is 15.3 Å². The molecule has 1 aromatic carbocycles. The normalized spacial score (nSPS) is 14.8. The van der Waals surface area contributed by atoms with Crippen molar-refractivity contribution < 1.29 is 9.59 Å². The third-order valence-electron chi connectivity index (χ3n) is 5.32. The minimum Gasteiger partial charge on any atom is -0.353 e. The van der Waals surface area contributed by atoms with Gasteiger partial charge in [-0.05, 0) is 51.0 Å². The van der Waals surface area contributed by atoms with Crippen LogP contribution in [0.15, 0.2) is 29.4 Å². The summed E-state index contributed by atoms with van der Waals surface area (Å²) in [7, 11) is 0. The van der Waals surface area contributed by atoms with E-state index in [2.05, 4.69) is 15.8 Å². The second-order valence-corrected chi connectivity index (χ2v) is 8.45. The predicted molar refractivity (Wildman–Crippen MR) is 121 cm³/mol. The quantitative estimate of drug-likeness (QED) is 0.382. The third-order valence-corrected chi connectivity index (χ3v) is 6.05. The van der Waals surface area contributed by atoms with Crippen molar-refractivity contribution in [2.24, 2.45) is 5.10 Å². The summed E-state index contributed by atoms with van der Waals surface area (Å²) in [6, 6.07) is 7.60. The maximum atomic E-state index is 12.0. The van der Waals surface area contributed by atoms with Gasteiger partial charge in [0.1, 0.15) is 6.42 Å². The van der Waals surface area contributed by atoms with E-state index in [-0.39, 0.29) is 18.4 Å². The van der Waals surface area contributed by atoms with E-state index in [4.69, 9.17) is 23.2 Å². The molecule has 2 amide bonds. The van der Waals surface area contributed by atoms with Gasteiger partial charge in [0.15, 0.2) is 0 Å². The van der Waals surface area contributed by atoms with Crippen LogP contribution in [0.2, 0.25) is 10.0 Å². The summed E-state index contributed by atoms with van der Waals surface area (Å²) in [5.74, 6) is -0.690. The zero-order chi connectivity index (χ0) is 21.7. The first-order chi connectivity index (χ1) is 14.3. The molecule has 0 saturated heterocycles. The van der Waals surface area contributed by atoms with Crippen LogP contribution in [0.1, 0.15) is 55.5 Å². The predicted octanol–water partition coefficient (Wildman–Crippen LogP) is 4.69. The number of aromatic nitrogens is 1. The Hall–Kier alpha value is -2.31. The maximum absolute atomic E-state index is 12.0. The molecule has 1 aliphatic rings. The van der Waals surface area contributed by atoms with Gasteiger partial charge in [-0.1, -0.05) is 42.5 Å². The van der Waals surface area contributed by atoms with Crippen LogP contribution in [-0.2, 0) is 9.59 Å². The van der Waals surface area contributed by atoms with Crippen molar-refractivity contribution in [3.05, 3.63) is 51.3 Å². The smallest absolute Gasteiger partial charge is 0.249 e. The first-order valence-electron chi connectivity index (χ1n) is 10.1. The number of halogens is 2. The number of hydrogen-bond acceptors (Lipinski definition) is 3. The average Bonchev–Trinajstić information content (AvgIpc) is 2.98. The molecule has 1 fully saturated rings. The molecule has 2 N–H and O–H groups in total. The van der Waals surface area contributed by atoms with Gasteiger partial charge in [0.2, 0.25) is 11.8 Å². The second-order valence-electron chi connectivity index (χ2n) is 7.63. The molecule has 160 valence electrons. The van der Waals surface area contributed by atoms with Gasteiger partial charge in [-0.25, -0.2) is 5.43 Å². The van der Waals surface area contributed by atoms with E-state index in [1.807, 2.05) is 30.5 Å². The van der Waals surface area contributed by atoms with Gasteiger partial charge in [0.05, 0.1) is 16.3 Å². The van der Waals surface area contributed by atoms with Crippen LogP contribution in [0.3, 0.4) is 0 Å². The minimum atomic E-state index is -0.433. The van der Waals surface area contributed by atoms with Gasteiger partial charge in [0, 0.05) is 28.7 Å². The average molecular weight is 449 g/mol. The van der Waals surface area contributed by atoms with Crippen molar-refractivity contribution in [2.45, 2.75) is 58.4 Å². The topological polar surface area (TPSA) is 75.5 Å². The number of nitrogens with one attached hydrogen (secondary N) is 2. The Kier molecular flexibility index (Phi) is 7.56. The molecule has 0 radical (unpaired) electrons. The third kappa shape index (κ3) is 5.64. The molecule has 30 heavy (non-hydrogen) atoms. The highest BCUT2D eigenvalue weighted by Gasteiger charge is 2.17. The maximum Gasteiger partial charge on any atom is 0.249 e. The minimum absolute atomic E-state index is 0.189. The Morgan fingerprint density at radius 1 is 1.10 bits per heavy atom. The van der Waals surface area contributed by atoms with Crippen LogP contribution < -0.4 is 10.7 Å². The lowest BCUT2D eigenvalue weighted by molar-refractivity contribution is -0.129. The Morgan fingerprint density at radius 2 is 1.83 bits per heavy atom. The van der Waals surface area contributed by atoms with E-state index in [0.717, 1.165) is 48.3 Å². The summed E-state index contributed by atoms with van der Waals surface area (Å²) in [5.41, 5.74) is 6.11. The van der Waals surface area contributed by atoms with Gasteiger partial charge in [0.25, 0.3) is 0 Å². The fraction of sp³-hybridized carbons (Fsp3) is 0.409. The number of rotatable bonds is 6. The number of carbonyl (C=O) groups is 2. The molecular formula is C22H26Cl2N4O2. The SMILES string of the molecule is Cc1cc(/C=N/NC(=O)CC(=O)NC2CCCCC2)c(C)n1-c1ccc(Cl)c(Cl)c1. The molecule has 0 atom stereocenters. The molecule has 0 unspecified atom stereocenters. The molecule has 1 heterocycles. The molecule has 0 aliphatic heterocycles. The van der Waals surface area contributed by atoms with Crippen molar-refractivity contribution in [2.75, 3.05) is 0 Å². The molecule has 0 bridgehead atoms. The van der Waals surface area contributed by atoms with Crippen LogP contribution >= 0.6 is 23.2 Å². The summed E-state index contributed by atoms with van der Waals surface area (Å²) in [6.07, 6.45) is 6.79. The highest BCUT2D eigenvalue weighted by atomic mass is 35.5. The van der Waals surface area contributed by atoms with Crippen LogP contribution in [0.5, 0.6) is 0 Å². The fourth-order valence-corrected chi connectivity index (χ4v) is 4.12. The van der Waals surface area contributed by atoms with Crippen LogP contribution in [-0.4, -0.2) is 28.6 Å². The lowest BCUT2D eigenvalue weighted by Gasteiger charge is -2.22. The second kappa shape index (κ2) is 10.1. The van der Waals surface area contributed by atoms with Crippen LogP contribution in [0.25, 0.3) is 5.69 Å². The van der Waals surface area contributed by atoms with Crippen molar-refractivity contribution in [3.8, 4) is 5.69 Å². The highest BCUT2D eigenvalue weighted by Crippen LogP contribution is 2.27. The van der Waals surface area contributed by atoms with E-state index < -0.39 is 5.91 Å². The molecule has 2 aromatic rings. The Labute approximate surface area is 186 Å². The van der Waals surface area contributed by atoms with E-state index in [1.54, 1.807) is 18.3 Å². The molecule has 3 rings (SSSR count). The molecule has 6 nitrogen and oxygen atoms in total. The first-order valence-corrected chi connectivity index (χ1v) is 10.9. The number of nitrogens with zero attached hydrogens (tertiary/aromatic N) is 2. The summed E-state index contributed by atoms with van der Waals surface area (Å²) in [5, 5.41) is 7.93. The molecule has 1 aromatic heterocycles. The summed E-state index contributed by atoms with van der Waals surface area (Å²) in [4.78, 5) is 24.0. The lowest BCUT2D eigenvalue weighted by Crippen LogP contribution is -2.38. The van der Waals surface area contributed by atoms with Crippen molar-refractivity contribution in [1.29, 1.82) is 0 Å². The van der Waals surface area contributed by atoms with Crippen molar-refractivity contribution in [3.63, 3.8) is 0 Å². The van der Waals surface area contributed by atoms with Crippen LogP contribution in [0, 0.1) is 13.8 Å². The zero-order valence-electron chi connectivity index (χ0n) is 17.2. The fourth-order valence-electron chi connectivity index (χ4n) is 3.82. The number of benzene rings is 1. The standard InChI is InChI=1S/C22H26Cl2N4O2/c1-14-10-16(15(2)28(14)18-8-9-19(23)20(24)11-18)13-25-27-22(30)12-21(29)26-17-6-4-3-5-7-17/h8-11,13,17H,3-7,12H2,1-2H3,(H,26,29)(H,27,30)/b25-13+. The van der Waals surface area contributed by atoms with Gasteiger partial charge in [-0.3, -0.25) is 9.59 Å². The van der Waals surface area contributed by atoms with Gasteiger partial charge < -0.3 is 9.88 Å². The van der Waals surface area contributed by atoms with Gasteiger partial charge in [-0.2, -0.15) is 5.10 Å². The summed E-state index contributed by atoms with van der Waals surface area (Å²) in [6.45, 7) is 3.93. The number of hydrogen-bond donors (Lipinski definition) is 2. The zero-order valence-corrected chi connectivity index (χ0v) is 18.7. The lowest BCUT2D eigenvalue weighted by atomic mass is 9.95. The Balaban J connectivity index is 1.59. The molecule has 1 aliphatic carbocycles. The Morgan fingerprint density at radius 3 is 2.53 bits per heavy atom. The monoisotopic (exact) mass is 448 g/mol. The van der Waals surface area contributed by atoms with E-state index in [0.29, 0.717) is 10.0 Å². The van der Waals surface area contributed by atoms with E-state index in [1.165, 1.54) is 6.42 Å². The molecule has 8 heteroatoms. The number of amides is 2. The largest absolute Gasteiger partial charge is 0.353 e. The number of aryl methyl sites for hydroxylation is 1. The summed E-state index contributed by atoms with van der Waals surface area (Å²) >= 11 is 12.2. The number of carbonyl (C=O) groups excluding carboxylic acids is 2. The van der Waals surface area contributed by atoms with Gasteiger partial charge >= 0.3 is 0 Å². The summed E-state index contributed by atoms with van der Waals surface area (Å²) < 4.78 is 2.03. The van der Waals surface area contributed by atoms with Gasteiger partial charge in [-0.15, -0.1) is 0 Å². The molecule has 1 saturated carbocycles. The van der Waals surface area contributed by atoms with E-state index >= 15 is 0 Å². The van der Waals surface area contributed by atoms with E-state index in [9.17, 15) is 9.59 Å². The molecule has 0 spiro atoms. The Bertz CT molecular complexity index is 962. The first kappa shape index (κ1) is 22.4. The molecular weight excluding hydrogens is 423 g/mol. The van der Waals surface area contributed by atoms with Crippen LogP contribution in [0.4, 0.5) is 0 Å². The highest BCUT2D eigenvalue weighted by molar-refractivity contribution is 6.42. The van der Waals surface area contributed by atoms with Crippen molar-refractivity contribution >= 4 is 41.2 Å². The number of hydrazone groups is 1.